The van der Waals surface area contributed by atoms with Gasteiger partial charge in [0.1, 0.15) is 0 Å². The molecular weight excluding hydrogens is 194 g/mol. The van der Waals surface area contributed by atoms with Crippen molar-refractivity contribution >= 4 is 5.97 Å². The minimum absolute atomic E-state index is 0.106. The van der Waals surface area contributed by atoms with Crippen LogP contribution in [0, 0.1) is 11.8 Å². The lowest BCUT2D eigenvalue weighted by molar-refractivity contribution is -0.147. The molecule has 2 rings (SSSR count). The molecule has 4 heteroatoms. The Kier molecular flexibility index (Phi) is 3.26. The summed E-state index contributed by atoms with van der Waals surface area (Å²) in [6, 6.07) is 0.491. The second kappa shape index (κ2) is 4.49. The number of hydrogen-bond donors (Lipinski definition) is 2. The Morgan fingerprint density at radius 1 is 1.27 bits per heavy atom. The van der Waals surface area contributed by atoms with Crippen LogP contribution < -0.4 is 0 Å². The lowest BCUT2D eigenvalue weighted by Gasteiger charge is -2.44. The van der Waals surface area contributed by atoms with E-state index in [9.17, 15) is 4.79 Å². The number of nitrogens with zero attached hydrogens (tertiary/aromatic N) is 1. The van der Waals surface area contributed by atoms with Crippen LogP contribution in [0.1, 0.15) is 25.7 Å². The zero-order valence-electron chi connectivity index (χ0n) is 8.93. The Balaban J connectivity index is 1.72. The van der Waals surface area contributed by atoms with Crippen LogP contribution in [0.5, 0.6) is 0 Å². The zero-order chi connectivity index (χ0) is 10.8. The molecule has 0 atom stereocenters. The molecule has 0 aromatic rings. The number of aliphatic carboxylic acids is 1. The van der Waals surface area contributed by atoms with Crippen LogP contribution in [0.2, 0.25) is 0 Å². The van der Waals surface area contributed by atoms with Crippen molar-refractivity contribution in [1.29, 1.82) is 0 Å². The molecule has 0 bridgehead atoms. The van der Waals surface area contributed by atoms with E-state index < -0.39 is 5.97 Å². The number of aliphatic hydroxyl groups excluding tert-OH is 1. The topological polar surface area (TPSA) is 60.8 Å². The van der Waals surface area contributed by atoms with Gasteiger partial charge < -0.3 is 15.1 Å². The summed E-state index contributed by atoms with van der Waals surface area (Å²) >= 11 is 0. The predicted molar refractivity (Wildman–Crippen MR) is 55.5 cm³/mol. The summed E-state index contributed by atoms with van der Waals surface area (Å²) in [4.78, 5) is 13.1. The van der Waals surface area contributed by atoms with Gasteiger partial charge in [-0.3, -0.25) is 4.79 Å². The molecule has 1 saturated carbocycles. The number of carboxylic acids is 1. The van der Waals surface area contributed by atoms with Gasteiger partial charge in [0, 0.05) is 12.6 Å². The molecule has 1 saturated heterocycles. The molecule has 4 nitrogen and oxygen atoms in total. The molecule has 1 aliphatic carbocycles. The largest absolute Gasteiger partial charge is 0.481 e. The summed E-state index contributed by atoms with van der Waals surface area (Å²) in [5.41, 5.74) is 0. The number of likely N-dealkylation sites (tertiary alicyclic amines) is 1. The molecule has 0 amide bonds. The SMILES string of the molecule is O=C(O)C1CC(N2CCC(CO)CC2)C1. The standard InChI is InChI=1S/C11H19NO3/c13-7-8-1-3-12(4-2-8)10-5-9(6-10)11(14)15/h8-10,13H,1-7H2,(H,14,15). The van der Waals surface area contributed by atoms with Crippen LogP contribution in [-0.4, -0.2) is 46.8 Å². The first-order valence-corrected chi connectivity index (χ1v) is 5.78. The fourth-order valence-electron chi connectivity index (χ4n) is 2.59. The minimum Gasteiger partial charge on any atom is -0.481 e. The molecule has 1 aliphatic heterocycles. The Morgan fingerprint density at radius 2 is 1.87 bits per heavy atom. The highest BCUT2D eigenvalue weighted by atomic mass is 16.4. The number of piperidine rings is 1. The van der Waals surface area contributed by atoms with E-state index in [0.29, 0.717) is 18.6 Å². The highest BCUT2D eigenvalue weighted by molar-refractivity contribution is 5.71. The van der Waals surface area contributed by atoms with Crippen molar-refractivity contribution in [3.8, 4) is 0 Å². The molecule has 0 unspecified atom stereocenters. The Morgan fingerprint density at radius 3 is 2.33 bits per heavy atom. The van der Waals surface area contributed by atoms with Gasteiger partial charge in [0.2, 0.25) is 0 Å². The van der Waals surface area contributed by atoms with E-state index in [-0.39, 0.29) is 5.92 Å². The minimum atomic E-state index is -0.642. The van der Waals surface area contributed by atoms with E-state index in [1.165, 1.54) is 0 Å². The highest BCUT2D eigenvalue weighted by Gasteiger charge is 2.38. The molecule has 86 valence electrons. The maximum atomic E-state index is 10.7. The maximum Gasteiger partial charge on any atom is 0.306 e. The quantitative estimate of drug-likeness (QED) is 0.719. The molecule has 2 fully saturated rings. The molecule has 2 aliphatic rings. The maximum absolute atomic E-state index is 10.7. The third-order valence-electron chi connectivity index (χ3n) is 3.89. The number of aliphatic hydroxyl groups is 1. The summed E-state index contributed by atoms with van der Waals surface area (Å²) in [5, 5.41) is 17.8. The smallest absolute Gasteiger partial charge is 0.306 e. The van der Waals surface area contributed by atoms with Crippen molar-refractivity contribution in [3.63, 3.8) is 0 Å². The number of hydrogen-bond acceptors (Lipinski definition) is 3. The fourth-order valence-corrected chi connectivity index (χ4v) is 2.59. The average molecular weight is 213 g/mol. The fraction of sp³-hybridized carbons (Fsp3) is 0.909. The molecule has 15 heavy (non-hydrogen) atoms. The second-order valence-electron chi connectivity index (χ2n) is 4.82. The van der Waals surface area contributed by atoms with Gasteiger partial charge in [-0.2, -0.15) is 0 Å². The second-order valence-corrected chi connectivity index (χ2v) is 4.82. The first kappa shape index (κ1) is 10.9. The molecule has 0 aromatic carbocycles. The Hall–Kier alpha value is -0.610. The van der Waals surface area contributed by atoms with Crippen molar-refractivity contribution in [2.75, 3.05) is 19.7 Å². The van der Waals surface area contributed by atoms with Crippen LogP contribution in [0.15, 0.2) is 0 Å². The van der Waals surface area contributed by atoms with Gasteiger partial charge >= 0.3 is 5.97 Å². The molecule has 1 heterocycles. The molecular formula is C11H19NO3. The van der Waals surface area contributed by atoms with E-state index in [4.69, 9.17) is 10.2 Å². The summed E-state index contributed by atoms with van der Waals surface area (Å²) in [6.45, 7) is 2.36. The Labute approximate surface area is 89.9 Å². The lowest BCUT2D eigenvalue weighted by atomic mass is 9.78. The number of carbonyl (C=O) groups is 1. The van der Waals surface area contributed by atoms with E-state index in [1.54, 1.807) is 0 Å². The average Bonchev–Trinajstić information content (AvgIpc) is 2.16. The highest BCUT2D eigenvalue weighted by Crippen LogP contribution is 2.34. The van der Waals surface area contributed by atoms with Crippen LogP contribution in [0.3, 0.4) is 0 Å². The third kappa shape index (κ3) is 2.32. The van der Waals surface area contributed by atoms with E-state index in [1.807, 2.05) is 0 Å². The predicted octanol–water partition coefficient (Wildman–Crippen LogP) is 0.554. The van der Waals surface area contributed by atoms with Crippen LogP contribution in [0.4, 0.5) is 0 Å². The van der Waals surface area contributed by atoms with Crippen LogP contribution in [-0.2, 0) is 4.79 Å². The summed E-state index contributed by atoms with van der Waals surface area (Å²) in [5.74, 6) is -0.279. The number of rotatable bonds is 3. The molecule has 0 spiro atoms. The van der Waals surface area contributed by atoms with Gasteiger partial charge in [-0.05, 0) is 44.7 Å². The van der Waals surface area contributed by atoms with Gasteiger partial charge in [-0.1, -0.05) is 0 Å². The normalized spacial score (nSPS) is 33.7. The monoisotopic (exact) mass is 213 g/mol. The third-order valence-corrected chi connectivity index (χ3v) is 3.89. The van der Waals surface area contributed by atoms with E-state index in [2.05, 4.69) is 4.90 Å². The van der Waals surface area contributed by atoms with Crippen molar-refractivity contribution in [2.45, 2.75) is 31.7 Å². The zero-order valence-corrected chi connectivity index (χ0v) is 8.93. The summed E-state index contributed by atoms with van der Waals surface area (Å²) in [7, 11) is 0. The van der Waals surface area contributed by atoms with Gasteiger partial charge in [0.15, 0.2) is 0 Å². The van der Waals surface area contributed by atoms with Gasteiger partial charge in [-0.25, -0.2) is 0 Å². The van der Waals surface area contributed by atoms with Crippen molar-refractivity contribution in [3.05, 3.63) is 0 Å². The van der Waals surface area contributed by atoms with Crippen molar-refractivity contribution in [1.82, 2.24) is 4.90 Å². The van der Waals surface area contributed by atoms with Gasteiger partial charge in [-0.15, -0.1) is 0 Å². The van der Waals surface area contributed by atoms with E-state index >= 15 is 0 Å². The van der Waals surface area contributed by atoms with Gasteiger partial charge in [0.05, 0.1) is 5.92 Å². The lowest BCUT2D eigenvalue weighted by Crippen LogP contribution is -2.50. The van der Waals surface area contributed by atoms with Crippen LogP contribution >= 0.6 is 0 Å². The van der Waals surface area contributed by atoms with Crippen LogP contribution in [0.25, 0.3) is 0 Å². The van der Waals surface area contributed by atoms with Gasteiger partial charge in [0.25, 0.3) is 0 Å². The molecule has 0 aromatic heterocycles. The van der Waals surface area contributed by atoms with Crippen molar-refractivity contribution < 1.29 is 15.0 Å². The molecule has 0 radical (unpaired) electrons. The summed E-state index contributed by atoms with van der Waals surface area (Å²) in [6.07, 6.45) is 3.76. The van der Waals surface area contributed by atoms with E-state index in [0.717, 1.165) is 38.8 Å². The first-order chi connectivity index (χ1) is 7.20. The first-order valence-electron chi connectivity index (χ1n) is 5.78. The summed E-state index contributed by atoms with van der Waals surface area (Å²) < 4.78 is 0. The molecule has 2 N–H and O–H groups in total. The Bertz CT molecular complexity index is 230. The number of carboxylic acid groups (broad SMARTS) is 1. The van der Waals surface area contributed by atoms with Crippen molar-refractivity contribution in [2.24, 2.45) is 11.8 Å².